The van der Waals surface area contributed by atoms with Crippen LogP contribution in [0.3, 0.4) is 0 Å². The van der Waals surface area contributed by atoms with Gasteiger partial charge in [0.2, 0.25) is 5.91 Å². The van der Waals surface area contributed by atoms with Gasteiger partial charge >= 0.3 is 0 Å². The van der Waals surface area contributed by atoms with Crippen LogP contribution in [-0.2, 0) is 9.53 Å². The zero-order valence-electron chi connectivity index (χ0n) is 14.9. The molecule has 132 valence electrons. The van der Waals surface area contributed by atoms with Gasteiger partial charge in [-0.05, 0) is 19.8 Å². The molecule has 2 aliphatic heterocycles. The number of aryl methyl sites for hydroxylation is 1. The molecule has 3 heterocycles. The van der Waals surface area contributed by atoms with Crippen LogP contribution in [0, 0.1) is 12.8 Å². The Kier molecular flexibility index (Phi) is 5.18. The maximum atomic E-state index is 12.6. The molecule has 0 aromatic carbocycles. The molecule has 0 saturated carbocycles. The molecule has 2 aliphatic rings. The van der Waals surface area contributed by atoms with Crippen LogP contribution in [0.2, 0.25) is 0 Å². The average Bonchev–Trinajstić information content (AvgIpc) is 2.61. The fourth-order valence-electron chi connectivity index (χ4n) is 3.29. The predicted octanol–water partition coefficient (Wildman–Crippen LogP) is 0.926. The first-order valence-electron chi connectivity index (χ1n) is 8.69. The van der Waals surface area contributed by atoms with Crippen LogP contribution in [0.1, 0.15) is 18.7 Å². The summed E-state index contributed by atoms with van der Waals surface area (Å²) in [4.78, 5) is 27.9. The fraction of sp³-hybridized carbons (Fsp3) is 0.706. The van der Waals surface area contributed by atoms with E-state index in [-0.39, 0.29) is 5.92 Å². The predicted molar refractivity (Wildman–Crippen MR) is 93.4 cm³/mol. The van der Waals surface area contributed by atoms with Crippen molar-refractivity contribution in [1.82, 2.24) is 14.9 Å². The largest absolute Gasteiger partial charge is 0.381 e. The second kappa shape index (κ2) is 7.34. The van der Waals surface area contributed by atoms with Crippen LogP contribution < -0.4 is 9.80 Å². The van der Waals surface area contributed by atoms with E-state index in [9.17, 15) is 4.79 Å². The van der Waals surface area contributed by atoms with Crippen molar-refractivity contribution >= 4 is 17.5 Å². The van der Waals surface area contributed by atoms with Crippen molar-refractivity contribution in [3.05, 3.63) is 11.9 Å². The van der Waals surface area contributed by atoms with Gasteiger partial charge in [-0.15, -0.1) is 0 Å². The lowest BCUT2D eigenvalue weighted by Gasteiger charge is -2.37. The zero-order valence-corrected chi connectivity index (χ0v) is 14.9. The molecule has 7 heteroatoms. The van der Waals surface area contributed by atoms with Gasteiger partial charge in [-0.25, -0.2) is 9.97 Å². The Bertz CT molecular complexity index is 578. The van der Waals surface area contributed by atoms with Crippen molar-refractivity contribution in [2.24, 2.45) is 5.92 Å². The number of piperazine rings is 1. The standard InChI is InChI=1S/C17H27N5O2/c1-13-18-15(20(2)3)12-16(19-13)21-6-8-22(9-7-21)17(23)14-4-10-24-11-5-14/h12,14H,4-11H2,1-3H3. The van der Waals surface area contributed by atoms with Gasteiger partial charge in [0.1, 0.15) is 17.5 Å². The van der Waals surface area contributed by atoms with Crippen LogP contribution in [0.4, 0.5) is 11.6 Å². The SMILES string of the molecule is Cc1nc(N(C)C)cc(N2CCN(C(=O)C3CCOCC3)CC2)n1. The van der Waals surface area contributed by atoms with Gasteiger partial charge in [-0.1, -0.05) is 0 Å². The third-order valence-electron chi connectivity index (χ3n) is 4.75. The maximum absolute atomic E-state index is 12.6. The highest BCUT2D eigenvalue weighted by atomic mass is 16.5. The summed E-state index contributed by atoms with van der Waals surface area (Å²) in [7, 11) is 3.96. The number of aromatic nitrogens is 2. The monoisotopic (exact) mass is 333 g/mol. The molecule has 7 nitrogen and oxygen atoms in total. The minimum Gasteiger partial charge on any atom is -0.381 e. The molecule has 24 heavy (non-hydrogen) atoms. The third kappa shape index (κ3) is 3.77. The lowest BCUT2D eigenvalue weighted by atomic mass is 9.98. The lowest BCUT2D eigenvalue weighted by molar-refractivity contribution is -0.138. The molecular formula is C17H27N5O2. The quantitative estimate of drug-likeness (QED) is 0.820. The number of amides is 1. The third-order valence-corrected chi connectivity index (χ3v) is 4.75. The number of carbonyl (C=O) groups excluding carboxylic acids is 1. The Labute approximate surface area is 143 Å². The van der Waals surface area contributed by atoms with Crippen LogP contribution in [-0.4, -0.2) is 74.3 Å². The Morgan fingerprint density at radius 3 is 2.46 bits per heavy atom. The van der Waals surface area contributed by atoms with E-state index in [1.807, 2.05) is 36.9 Å². The molecule has 0 aliphatic carbocycles. The molecule has 2 saturated heterocycles. The Hall–Kier alpha value is -1.89. The second-order valence-corrected chi connectivity index (χ2v) is 6.72. The summed E-state index contributed by atoms with van der Waals surface area (Å²) < 4.78 is 5.36. The summed E-state index contributed by atoms with van der Waals surface area (Å²) in [5.74, 6) is 3.08. The number of ether oxygens (including phenoxy) is 1. The van der Waals surface area contributed by atoms with Gasteiger partial charge in [0, 0.05) is 65.5 Å². The van der Waals surface area contributed by atoms with Crippen molar-refractivity contribution in [3.8, 4) is 0 Å². The number of anilines is 2. The molecular weight excluding hydrogens is 306 g/mol. The number of nitrogens with zero attached hydrogens (tertiary/aromatic N) is 5. The highest BCUT2D eigenvalue weighted by molar-refractivity contribution is 5.79. The normalized spacial score (nSPS) is 19.5. The molecule has 0 bridgehead atoms. The van der Waals surface area contributed by atoms with Gasteiger partial charge in [0.25, 0.3) is 0 Å². The molecule has 2 fully saturated rings. The van der Waals surface area contributed by atoms with E-state index >= 15 is 0 Å². The summed E-state index contributed by atoms with van der Waals surface area (Å²) in [6.07, 6.45) is 1.71. The van der Waals surface area contributed by atoms with Gasteiger partial charge in [-0.3, -0.25) is 4.79 Å². The zero-order chi connectivity index (χ0) is 17.1. The Morgan fingerprint density at radius 2 is 1.83 bits per heavy atom. The van der Waals surface area contributed by atoms with E-state index in [4.69, 9.17) is 4.74 Å². The second-order valence-electron chi connectivity index (χ2n) is 6.72. The Morgan fingerprint density at radius 1 is 1.17 bits per heavy atom. The summed E-state index contributed by atoms with van der Waals surface area (Å²) in [6, 6.07) is 2.02. The molecule has 1 aromatic rings. The minimum atomic E-state index is 0.145. The van der Waals surface area contributed by atoms with Gasteiger partial charge in [0.05, 0.1) is 0 Å². The van der Waals surface area contributed by atoms with Crippen molar-refractivity contribution in [2.45, 2.75) is 19.8 Å². The van der Waals surface area contributed by atoms with Crippen molar-refractivity contribution in [3.63, 3.8) is 0 Å². The average molecular weight is 333 g/mol. The van der Waals surface area contributed by atoms with Crippen LogP contribution in [0.15, 0.2) is 6.07 Å². The summed E-state index contributed by atoms with van der Waals surface area (Å²) >= 11 is 0. The van der Waals surface area contributed by atoms with E-state index in [2.05, 4.69) is 14.9 Å². The van der Waals surface area contributed by atoms with E-state index in [1.165, 1.54) is 0 Å². The first-order chi connectivity index (χ1) is 11.5. The molecule has 0 spiro atoms. The highest BCUT2D eigenvalue weighted by Crippen LogP contribution is 2.22. The summed E-state index contributed by atoms with van der Waals surface area (Å²) in [6.45, 7) is 6.50. The molecule has 0 N–H and O–H groups in total. The number of hydrogen-bond donors (Lipinski definition) is 0. The fourth-order valence-corrected chi connectivity index (χ4v) is 3.29. The smallest absolute Gasteiger partial charge is 0.225 e. The first-order valence-corrected chi connectivity index (χ1v) is 8.69. The topological polar surface area (TPSA) is 61.8 Å². The Balaban J connectivity index is 1.61. The van der Waals surface area contributed by atoms with Gasteiger partial charge < -0.3 is 19.4 Å². The van der Waals surface area contributed by atoms with E-state index in [0.717, 1.165) is 56.5 Å². The van der Waals surface area contributed by atoms with Crippen molar-refractivity contribution < 1.29 is 9.53 Å². The molecule has 0 unspecified atom stereocenters. The number of rotatable bonds is 3. The molecule has 1 amide bonds. The van der Waals surface area contributed by atoms with Crippen LogP contribution in [0.25, 0.3) is 0 Å². The van der Waals surface area contributed by atoms with E-state index < -0.39 is 0 Å². The van der Waals surface area contributed by atoms with E-state index in [1.54, 1.807) is 0 Å². The van der Waals surface area contributed by atoms with Gasteiger partial charge in [-0.2, -0.15) is 0 Å². The maximum Gasteiger partial charge on any atom is 0.225 e. The van der Waals surface area contributed by atoms with Crippen LogP contribution in [0.5, 0.6) is 0 Å². The minimum absolute atomic E-state index is 0.145. The molecule has 0 radical (unpaired) electrons. The molecule has 1 aromatic heterocycles. The molecule has 0 atom stereocenters. The summed E-state index contributed by atoms with van der Waals surface area (Å²) in [5.41, 5.74) is 0. The first kappa shape index (κ1) is 17.0. The van der Waals surface area contributed by atoms with Crippen LogP contribution >= 0.6 is 0 Å². The number of carbonyl (C=O) groups is 1. The van der Waals surface area contributed by atoms with E-state index in [0.29, 0.717) is 19.1 Å². The lowest BCUT2D eigenvalue weighted by Crippen LogP contribution is -2.51. The van der Waals surface area contributed by atoms with Crippen molar-refractivity contribution in [2.75, 3.05) is 63.3 Å². The number of hydrogen-bond acceptors (Lipinski definition) is 6. The van der Waals surface area contributed by atoms with Gasteiger partial charge in [0.15, 0.2) is 0 Å². The van der Waals surface area contributed by atoms with Crippen molar-refractivity contribution in [1.29, 1.82) is 0 Å². The molecule has 3 rings (SSSR count). The highest BCUT2D eigenvalue weighted by Gasteiger charge is 2.29. The summed E-state index contributed by atoms with van der Waals surface area (Å²) in [5, 5.41) is 0.